The third-order valence-corrected chi connectivity index (χ3v) is 3.78. The monoisotopic (exact) mass is 281 g/mol. The second kappa shape index (κ2) is 7.10. The van der Waals surface area contributed by atoms with Crippen LogP contribution in [0, 0.1) is 11.3 Å². The van der Waals surface area contributed by atoms with E-state index in [1.807, 2.05) is 24.3 Å². The lowest BCUT2D eigenvalue weighted by molar-refractivity contribution is 0.401. The molecule has 3 heteroatoms. The van der Waals surface area contributed by atoms with Gasteiger partial charge in [0.05, 0.1) is 11.6 Å². The standard InChI is InChI=1S/C18H23N3/c1-4-21(13-7-12-20(2)3)18-11-10-15(14-19)16-8-5-6-9-17(16)18/h5-6,8-11H,4,7,12-13H2,1-3H3. The van der Waals surface area contributed by atoms with Crippen LogP contribution in [-0.4, -0.2) is 38.6 Å². The molecule has 0 heterocycles. The first-order valence-electron chi connectivity index (χ1n) is 7.49. The van der Waals surface area contributed by atoms with E-state index in [0.717, 1.165) is 37.0 Å². The fourth-order valence-electron chi connectivity index (χ4n) is 2.68. The maximum atomic E-state index is 9.26. The van der Waals surface area contributed by atoms with Crippen molar-refractivity contribution in [1.82, 2.24) is 4.90 Å². The molecule has 0 atom stereocenters. The maximum Gasteiger partial charge on any atom is 0.0998 e. The van der Waals surface area contributed by atoms with E-state index in [2.05, 4.69) is 49.0 Å². The van der Waals surface area contributed by atoms with Crippen molar-refractivity contribution in [3.05, 3.63) is 42.0 Å². The fourth-order valence-corrected chi connectivity index (χ4v) is 2.68. The maximum absolute atomic E-state index is 9.26. The highest BCUT2D eigenvalue weighted by Crippen LogP contribution is 2.29. The molecule has 110 valence electrons. The molecule has 2 rings (SSSR count). The van der Waals surface area contributed by atoms with E-state index >= 15 is 0 Å². The quantitative estimate of drug-likeness (QED) is 0.812. The Morgan fingerprint density at radius 2 is 1.71 bits per heavy atom. The van der Waals surface area contributed by atoms with Gasteiger partial charge >= 0.3 is 0 Å². The molecule has 0 aliphatic carbocycles. The lowest BCUT2D eigenvalue weighted by Gasteiger charge is -2.25. The van der Waals surface area contributed by atoms with E-state index in [1.54, 1.807) is 0 Å². The Labute approximate surface area is 127 Å². The minimum absolute atomic E-state index is 0.749. The molecule has 0 unspecified atom stereocenters. The van der Waals surface area contributed by atoms with Gasteiger partial charge in [0.25, 0.3) is 0 Å². The highest BCUT2D eigenvalue weighted by molar-refractivity contribution is 5.97. The lowest BCUT2D eigenvalue weighted by atomic mass is 10.0. The number of rotatable bonds is 6. The van der Waals surface area contributed by atoms with Crippen LogP contribution in [0.5, 0.6) is 0 Å². The van der Waals surface area contributed by atoms with Crippen molar-refractivity contribution >= 4 is 16.5 Å². The number of hydrogen-bond acceptors (Lipinski definition) is 3. The third kappa shape index (κ3) is 3.53. The van der Waals surface area contributed by atoms with E-state index < -0.39 is 0 Å². The molecule has 3 nitrogen and oxygen atoms in total. The molecule has 2 aromatic rings. The zero-order valence-corrected chi connectivity index (χ0v) is 13.1. The summed E-state index contributed by atoms with van der Waals surface area (Å²) in [4.78, 5) is 4.61. The summed E-state index contributed by atoms with van der Waals surface area (Å²) in [5, 5.41) is 11.5. The molecule has 0 aliphatic heterocycles. The van der Waals surface area contributed by atoms with Crippen molar-refractivity contribution < 1.29 is 0 Å². The van der Waals surface area contributed by atoms with Crippen LogP contribution in [0.3, 0.4) is 0 Å². The molecule has 0 radical (unpaired) electrons. The molecule has 21 heavy (non-hydrogen) atoms. The summed E-state index contributed by atoms with van der Waals surface area (Å²) in [5.41, 5.74) is 1.98. The predicted molar refractivity (Wildman–Crippen MR) is 89.7 cm³/mol. The van der Waals surface area contributed by atoms with Crippen molar-refractivity contribution in [2.24, 2.45) is 0 Å². The summed E-state index contributed by atoms with van der Waals surface area (Å²) < 4.78 is 0. The summed E-state index contributed by atoms with van der Waals surface area (Å²) in [6.45, 7) is 5.28. The molecular formula is C18H23N3. The van der Waals surface area contributed by atoms with Gasteiger partial charge in [0.15, 0.2) is 0 Å². The topological polar surface area (TPSA) is 30.3 Å². The summed E-state index contributed by atoms with van der Waals surface area (Å²) in [5.74, 6) is 0. The van der Waals surface area contributed by atoms with Gasteiger partial charge in [-0.15, -0.1) is 0 Å². The van der Waals surface area contributed by atoms with Gasteiger partial charge in [0.2, 0.25) is 0 Å². The third-order valence-electron chi connectivity index (χ3n) is 3.78. The number of nitrogens with zero attached hydrogens (tertiary/aromatic N) is 3. The van der Waals surface area contributed by atoms with Crippen molar-refractivity contribution in [2.45, 2.75) is 13.3 Å². The highest BCUT2D eigenvalue weighted by atomic mass is 15.1. The summed E-state index contributed by atoms with van der Waals surface area (Å²) in [7, 11) is 4.21. The zero-order chi connectivity index (χ0) is 15.2. The average molecular weight is 281 g/mol. The Hall–Kier alpha value is -2.05. The molecule has 0 amide bonds. The number of anilines is 1. The molecule has 2 aromatic carbocycles. The number of hydrogen-bond donors (Lipinski definition) is 0. The van der Waals surface area contributed by atoms with Crippen LogP contribution in [0.2, 0.25) is 0 Å². The Bertz CT molecular complexity index is 640. The Balaban J connectivity index is 2.34. The van der Waals surface area contributed by atoms with Gasteiger partial charge in [0, 0.05) is 29.5 Å². The highest BCUT2D eigenvalue weighted by Gasteiger charge is 2.10. The largest absolute Gasteiger partial charge is 0.371 e. The van der Waals surface area contributed by atoms with E-state index in [1.165, 1.54) is 11.1 Å². The summed E-state index contributed by atoms with van der Waals surface area (Å²) >= 11 is 0. The van der Waals surface area contributed by atoms with Crippen molar-refractivity contribution in [1.29, 1.82) is 5.26 Å². The second-order valence-electron chi connectivity index (χ2n) is 5.53. The SMILES string of the molecule is CCN(CCCN(C)C)c1ccc(C#N)c2ccccc12. The van der Waals surface area contributed by atoms with Gasteiger partial charge in [0.1, 0.15) is 0 Å². The molecule has 0 bridgehead atoms. The van der Waals surface area contributed by atoms with Crippen molar-refractivity contribution in [3.63, 3.8) is 0 Å². The van der Waals surface area contributed by atoms with Crippen LogP contribution < -0.4 is 4.90 Å². The average Bonchev–Trinajstić information content (AvgIpc) is 2.50. The van der Waals surface area contributed by atoms with Crippen LogP contribution in [0.1, 0.15) is 18.9 Å². The molecule has 0 N–H and O–H groups in total. The van der Waals surface area contributed by atoms with Gasteiger partial charge in [-0.25, -0.2) is 0 Å². The first-order chi connectivity index (χ1) is 10.2. The van der Waals surface area contributed by atoms with Crippen LogP contribution in [0.15, 0.2) is 36.4 Å². The first kappa shape index (κ1) is 15.3. The predicted octanol–water partition coefficient (Wildman–Crippen LogP) is 3.49. The van der Waals surface area contributed by atoms with E-state index in [0.29, 0.717) is 0 Å². The van der Waals surface area contributed by atoms with Crippen molar-refractivity contribution in [2.75, 3.05) is 38.6 Å². The lowest BCUT2D eigenvalue weighted by Crippen LogP contribution is -2.27. The van der Waals surface area contributed by atoms with E-state index in [9.17, 15) is 5.26 Å². The Morgan fingerprint density at radius 3 is 2.33 bits per heavy atom. The van der Waals surface area contributed by atoms with Crippen LogP contribution in [-0.2, 0) is 0 Å². The van der Waals surface area contributed by atoms with Crippen LogP contribution in [0.25, 0.3) is 10.8 Å². The van der Waals surface area contributed by atoms with E-state index in [-0.39, 0.29) is 0 Å². The van der Waals surface area contributed by atoms with Crippen LogP contribution >= 0.6 is 0 Å². The molecular weight excluding hydrogens is 258 g/mol. The minimum Gasteiger partial charge on any atom is -0.371 e. The van der Waals surface area contributed by atoms with Gasteiger partial charge in [-0.05, 0) is 46.1 Å². The fraction of sp³-hybridized carbons (Fsp3) is 0.389. The second-order valence-corrected chi connectivity index (χ2v) is 5.53. The number of fused-ring (bicyclic) bond motifs is 1. The van der Waals surface area contributed by atoms with E-state index in [4.69, 9.17) is 0 Å². The molecule has 0 spiro atoms. The zero-order valence-electron chi connectivity index (χ0n) is 13.1. The molecule has 0 saturated heterocycles. The molecule has 0 fully saturated rings. The molecule has 0 saturated carbocycles. The Morgan fingerprint density at radius 1 is 1.00 bits per heavy atom. The first-order valence-corrected chi connectivity index (χ1v) is 7.49. The summed E-state index contributed by atoms with van der Waals surface area (Å²) in [6, 6.07) is 14.5. The number of nitriles is 1. The molecule has 0 aromatic heterocycles. The number of benzene rings is 2. The molecule has 0 aliphatic rings. The minimum atomic E-state index is 0.749. The van der Waals surface area contributed by atoms with Gasteiger partial charge < -0.3 is 9.80 Å². The van der Waals surface area contributed by atoms with Crippen molar-refractivity contribution in [3.8, 4) is 6.07 Å². The summed E-state index contributed by atoms with van der Waals surface area (Å²) in [6.07, 6.45) is 1.13. The smallest absolute Gasteiger partial charge is 0.0998 e. The Kier molecular flexibility index (Phi) is 5.19. The van der Waals surface area contributed by atoms with Gasteiger partial charge in [-0.3, -0.25) is 0 Å². The van der Waals surface area contributed by atoms with Crippen LogP contribution in [0.4, 0.5) is 5.69 Å². The normalized spacial score (nSPS) is 10.8. The van der Waals surface area contributed by atoms with Gasteiger partial charge in [-0.1, -0.05) is 24.3 Å². The van der Waals surface area contributed by atoms with Gasteiger partial charge in [-0.2, -0.15) is 5.26 Å².